The predicted molar refractivity (Wildman–Crippen MR) is 73.2 cm³/mol. The lowest BCUT2D eigenvalue weighted by molar-refractivity contribution is -0.140. The first-order chi connectivity index (χ1) is 9.15. The standard InChI is InChI=1S/C14H24N2O4/c1-13(2,3)20-12(19)16-7-4-9(10(15)11(17)18)8-14(16)5-6-14/h9-10H,4-8,15H2,1-3H3,(H,17,18). The van der Waals surface area contributed by atoms with E-state index in [4.69, 9.17) is 15.6 Å². The van der Waals surface area contributed by atoms with Crippen molar-refractivity contribution in [2.24, 2.45) is 11.7 Å². The van der Waals surface area contributed by atoms with Crippen LogP contribution in [0.4, 0.5) is 4.79 Å². The predicted octanol–water partition coefficient (Wildman–Crippen LogP) is 1.58. The molecular formula is C14H24N2O4. The van der Waals surface area contributed by atoms with Crippen molar-refractivity contribution < 1.29 is 19.4 Å². The maximum absolute atomic E-state index is 12.2. The third-order valence-corrected chi connectivity index (χ3v) is 4.17. The third kappa shape index (κ3) is 3.06. The zero-order valence-electron chi connectivity index (χ0n) is 12.4. The van der Waals surface area contributed by atoms with Crippen molar-refractivity contribution in [2.45, 2.75) is 63.6 Å². The van der Waals surface area contributed by atoms with Gasteiger partial charge in [-0.15, -0.1) is 0 Å². The van der Waals surface area contributed by atoms with Crippen LogP contribution in [0.5, 0.6) is 0 Å². The molecule has 6 nitrogen and oxygen atoms in total. The summed E-state index contributed by atoms with van der Waals surface area (Å²) in [6.45, 7) is 6.06. The maximum Gasteiger partial charge on any atom is 0.410 e. The van der Waals surface area contributed by atoms with Crippen molar-refractivity contribution in [2.75, 3.05) is 6.54 Å². The Hall–Kier alpha value is -1.30. The van der Waals surface area contributed by atoms with Gasteiger partial charge in [0.25, 0.3) is 0 Å². The summed E-state index contributed by atoms with van der Waals surface area (Å²) in [4.78, 5) is 25.0. The molecule has 0 aromatic carbocycles. The lowest BCUT2D eigenvalue weighted by Crippen LogP contribution is -2.53. The summed E-state index contributed by atoms with van der Waals surface area (Å²) in [7, 11) is 0. The third-order valence-electron chi connectivity index (χ3n) is 4.17. The van der Waals surface area contributed by atoms with Crippen molar-refractivity contribution in [3.05, 3.63) is 0 Å². The van der Waals surface area contributed by atoms with E-state index < -0.39 is 17.6 Å². The highest BCUT2D eigenvalue weighted by Crippen LogP contribution is 2.50. The SMILES string of the molecule is CC(C)(C)OC(=O)N1CCC(C(N)C(=O)O)CC12CC2. The van der Waals surface area contributed by atoms with E-state index in [-0.39, 0.29) is 17.6 Å². The summed E-state index contributed by atoms with van der Waals surface area (Å²) in [5.74, 6) is -1.02. The Morgan fingerprint density at radius 1 is 1.40 bits per heavy atom. The number of carboxylic acid groups (broad SMARTS) is 1. The summed E-state index contributed by atoms with van der Waals surface area (Å²) in [6, 6.07) is -0.840. The smallest absolute Gasteiger partial charge is 0.410 e. The molecule has 0 aromatic heterocycles. The molecule has 114 valence electrons. The summed E-state index contributed by atoms with van der Waals surface area (Å²) < 4.78 is 5.44. The number of ether oxygens (including phenoxy) is 1. The quantitative estimate of drug-likeness (QED) is 0.803. The molecule has 1 amide bonds. The van der Waals surface area contributed by atoms with E-state index in [0.717, 1.165) is 12.8 Å². The van der Waals surface area contributed by atoms with Crippen molar-refractivity contribution >= 4 is 12.1 Å². The number of piperidine rings is 1. The fourth-order valence-corrected chi connectivity index (χ4v) is 2.96. The molecule has 20 heavy (non-hydrogen) atoms. The van der Waals surface area contributed by atoms with Crippen LogP contribution < -0.4 is 5.73 Å². The summed E-state index contributed by atoms with van der Waals surface area (Å²) in [6.07, 6.45) is 2.82. The number of carbonyl (C=O) groups excluding carboxylic acids is 1. The van der Waals surface area contributed by atoms with E-state index in [1.165, 1.54) is 0 Å². The van der Waals surface area contributed by atoms with E-state index in [0.29, 0.717) is 19.4 Å². The lowest BCUT2D eigenvalue weighted by Gasteiger charge is -2.41. The molecule has 3 N–H and O–H groups in total. The number of nitrogens with zero attached hydrogens (tertiary/aromatic N) is 1. The van der Waals surface area contributed by atoms with Crippen LogP contribution >= 0.6 is 0 Å². The summed E-state index contributed by atoms with van der Waals surface area (Å²) in [5, 5.41) is 9.02. The normalized spacial score (nSPS) is 26.2. The fraction of sp³-hybridized carbons (Fsp3) is 0.857. The van der Waals surface area contributed by atoms with Gasteiger partial charge in [-0.2, -0.15) is 0 Å². The molecule has 6 heteroatoms. The summed E-state index contributed by atoms with van der Waals surface area (Å²) >= 11 is 0. The minimum atomic E-state index is -0.962. The molecule has 1 saturated heterocycles. The second-order valence-corrected chi connectivity index (χ2v) is 6.97. The molecule has 0 aromatic rings. The molecule has 2 aliphatic rings. The van der Waals surface area contributed by atoms with Gasteiger partial charge in [-0.25, -0.2) is 4.79 Å². The van der Waals surface area contributed by atoms with Crippen molar-refractivity contribution in [3.8, 4) is 0 Å². The highest BCUT2D eigenvalue weighted by Gasteiger charge is 2.55. The molecule has 1 spiro atoms. The average Bonchev–Trinajstić information content (AvgIpc) is 3.05. The number of nitrogens with two attached hydrogens (primary N) is 1. The van der Waals surface area contributed by atoms with E-state index >= 15 is 0 Å². The second-order valence-electron chi connectivity index (χ2n) is 6.97. The Balaban J connectivity index is 2.02. The number of carboxylic acids is 1. The van der Waals surface area contributed by atoms with Gasteiger partial charge in [-0.1, -0.05) is 0 Å². The van der Waals surface area contributed by atoms with E-state index in [1.54, 1.807) is 4.90 Å². The van der Waals surface area contributed by atoms with Crippen molar-refractivity contribution in [1.82, 2.24) is 4.90 Å². The highest BCUT2D eigenvalue weighted by molar-refractivity contribution is 5.74. The number of aliphatic carboxylic acids is 1. The zero-order valence-corrected chi connectivity index (χ0v) is 12.4. The monoisotopic (exact) mass is 284 g/mol. The Bertz CT molecular complexity index is 412. The number of amides is 1. The highest BCUT2D eigenvalue weighted by atomic mass is 16.6. The van der Waals surface area contributed by atoms with Crippen LogP contribution in [-0.4, -0.2) is 45.8 Å². The van der Waals surface area contributed by atoms with E-state index in [9.17, 15) is 9.59 Å². The second kappa shape index (κ2) is 4.91. The Morgan fingerprint density at radius 3 is 2.45 bits per heavy atom. The van der Waals surface area contributed by atoms with Gasteiger partial charge in [0, 0.05) is 12.1 Å². The van der Waals surface area contributed by atoms with Crippen LogP contribution in [0.15, 0.2) is 0 Å². The largest absolute Gasteiger partial charge is 0.480 e. The maximum atomic E-state index is 12.2. The van der Waals surface area contributed by atoms with Gasteiger partial charge in [-0.05, 0) is 52.4 Å². The Morgan fingerprint density at radius 2 is 2.00 bits per heavy atom. The Kier molecular flexibility index (Phi) is 3.71. The number of hydrogen-bond donors (Lipinski definition) is 2. The molecule has 0 radical (unpaired) electrons. The average molecular weight is 284 g/mol. The van der Waals surface area contributed by atoms with Crippen LogP contribution in [0.2, 0.25) is 0 Å². The van der Waals surface area contributed by atoms with Crippen LogP contribution in [0, 0.1) is 5.92 Å². The van der Waals surface area contributed by atoms with Gasteiger partial charge < -0.3 is 20.5 Å². The van der Waals surface area contributed by atoms with Crippen molar-refractivity contribution in [3.63, 3.8) is 0 Å². The molecule has 2 atom stereocenters. The molecule has 2 fully saturated rings. The van der Waals surface area contributed by atoms with Crippen LogP contribution in [-0.2, 0) is 9.53 Å². The molecule has 1 aliphatic carbocycles. The van der Waals surface area contributed by atoms with Gasteiger partial charge in [0.1, 0.15) is 11.6 Å². The van der Waals surface area contributed by atoms with Gasteiger partial charge in [0.15, 0.2) is 0 Å². The number of carbonyl (C=O) groups is 2. The Labute approximate surface area is 119 Å². The van der Waals surface area contributed by atoms with Crippen LogP contribution in [0.3, 0.4) is 0 Å². The minimum Gasteiger partial charge on any atom is -0.480 e. The first kappa shape index (κ1) is 15.1. The summed E-state index contributed by atoms with van der Waals surface area (Å²) in [5.41, 5.74) is 5.01. The minimum absolute atomic E-state index is 0.0614. The molecule has 2 unspecified atom stereocenters. The van der Waals surface area contributed by atoms with Crippen LogP contribution in [0.25, 0.3) is 0 Å². The molecular weight excluding hydrogens is 260 g/mol. The molecule has 1 saturated carbocycles. The number of hydrogen-bond acceptors (Lipinski definition) is 4. The van der Waals surface area contributed by atoms with Gasteiger partial charge in [0.05, 0.1) is 0 Å². The molecule has 1 heterocycles. The molecule has 2 rings (SSSR count). The fourth-order valence-electron chi connectivity index (χ4n) is 2.96. The molecule has 0 bridgehead atoms. The first-order valence-electron chi connectivity index (χ1n) is 7.14. The topological polar surface area (TPSA) is 92.9 Å². The number of likely N-dealkylation sites (tertiary alicyclic amines) is 1. The molecule has 1 aliphatic heterocycles. The van der Waals surface area contributed by atoms with Crippen LogP contribution in [0.1, 0.15) is 46.5 Å². The number of rotatable bonds is 2. The van der Waals surface area contributed by atoms with E-state index in [1.807, 2.05) is 20.8 Å². The van der Waals surface area contributed by atoms with Gasteiger partial charge in [-0.3, -0.25) is 4.79 Å². The van der Waals surface area contributed by atoms with Gasteiger partial charge in [0.2, 0.25) is 0 Å². The lowest BCUT2D eigenvalue weighted by atomic mass is 9.84. The van der Waals surface area contributed by atoms with Gasteiger partial charge >= 0.3 is 12.1 Å². The first-order valence-corrected chi connectivity index (χ1v) is 7.14. The van der Waals surface area contributed by atoms with Crippen molar-refractivity contribution in [1.29, 1.82) is 0 Å². The zero-order chi connectivity index (χ0) is 15.1. The van der Waals surface area contributed by atoms with E-state index in [2.05, 4.69) is 0 Å².